The molecule has 2 atom stereocenters. The van der Waals surface area contributed by atoms with Gasteiger partial charge < -0.3 is 10.2 Å². The monoisotopic (exact) mass is 308 g/mol. The van der Waals surface area contributed by atoms with E-state index in [4.69, 9.17) is 11.6 Å². The molecule has 1 aliphatic rings. The molecule has 0 bridgehead atoms. The molecule has 0 radical (unpaired) electrons. The van der Waals surface area contributed by atoms with Gasteiger partial charge in [0.25, 0.3) is 0 Å². The molecule has 2 unspecified atom stereocenters. The summed E-state index contributed by atoms with van der Waals surface area (Å²) in [5.41, 5.74) is 1.55. The normalized spacial score (nSPS) is 19.7. The van der Waals surface area contributed by atoms with Gasteiger partial charge in [-0.25, -0.2) is 0 Å². The van der Waals surface area contributed by atoms with Crippen molar-refractivity contribution in [3.8, 4) is 0 Å². The molecule has 21 heavy (non-hydrogen) atoms. The van der Waals surface area contributed by atoms with Crippen LogP contribution in [0.3, 0.4) is 0 Å². The van der Waals surface area contributed by atoms with Gasteiger partial charge in [-0.1, -0.05) is 24.6 Å². The zero-order valence-electron chi connectivity index (χ0n) is 12.6. The van der Waals surface area contributed by atoms with Crippen molar-refractivity contribution in [3.05, 3.63) is 28.8 Å². The highest BCUT2D eigenvalue weighted by Gasteiger charge is 2.36. The average molecular weight is 309 g/mol. The first kappa shape index (κ1) is 15.8. The second-order valence-corrected chi connectivity index (χ2v) is 6.01. The number of rotatable bonds is 4. The fraction of sp³-hybridized carbons (Fsp3) is 0.500. The summed E-state index contributed by atoms with van der Waals surface area (Å²) >= 11 is 6.05. The molecular formula is C16H21ClN2O2. The fourth-order valence-corrected chi connectivity index (χ4v) is 2.71. The third-order valence-corrected chi connectivity index (χ3v) is 4.59. The van der Waals surface area contributed by atoms with Crippen molar-refractivity contribution in [2.24, 2.45) is 5.92 Å². The molecule has 2 rings (SSSR count). The third-order valence-electron chi connectivity index (χ3n) is 4.18. The van der Waals surface area contributed by atoms with E-state index in [-0.39, 0.29) is 30.2 Å². The highest BCUT2D eigenvalue weighted by Crippen LogP contribution is 2.26. The van der Waals surface area contributed by atoms with Crippen LogP contribution in [0, 0.1) is 12.8 Å². The zero-order chi connectivity index (χ0) is 15.6. The van der Waals surface area contributed by atoms with Crippen molar-refractivity contribution in [2.45, 2.75) is 39.7 Å². The van der Waals surface area contributed by atoms with E-state index in [0.717, 1.165) is 12.0 Å². The summed E-state index contributed by atoms with van der Waals surface area (Å²) in [6, 6.07) is 5.60. The number of carbonyl (C=O) groups is 2. The van der Waals surface area contributed by atoms with E-state index >= 15 is 0 Å². The van der Waals surface area contributed by atoms with Gasteiger partial charge in [-0.2, -0.15) is 0 Å². The second-order valence-electron chi connectivity index (χ2n) is 5.61. The summed E-state index contributed by atoms with van der Waals surface area (Å²) in [5.74, 6) is -0.336. The molecule has 4 nitrogen and oxygen atoms in total. The van der Waals surface area contributed by atoms with Gasteiger partial charge in [0.2, 0.25) is 11.8 Å². The summed E-state index contributed by atoms with van der Waals surface area (Å²) < 4.78 is 0. The number of benzene rings is 1. The molecule has 114 valence electrons. The van der Waals surface area contributed by atoms with Crippen LogP contribution in [0.1, 0.15) is 32.3 Å². The van der Waals surface area contributed by atoms with Crippen molar-refractivity contribution < 1.29 is 9.59 Å². The summed E-state index contributed by atoms with van der Waals surface area (Å²) in [6.45, 7) is 6.42. The van der Waals surface area contributed by atoms with E-state index in [1.54, 1.807) is 17.0 Å². The maximum Gasteiger partial charge on any atom is 0.229 e. The van der Waals surface area contributed by atoms with Crippen molar-refractivity contribution in [3.63, 3.8) is 0 Å². The van der Waals surface area contributed by atoms with Crippen LogP contribution in [0.5, 0.6) is 0 Å². The Bertz CT molecular complexity index is 559. The van der Waals surface area contributed by atoms with Crippen LogP contribution < -0.4 is 5.32 Å². The van der Waals surface area contributed by atoms with Gasteiger partial charge in [-0.3, -0.25) is 9.59 Å². The Kier molecular flexibility index (Phi) is 4.88. The summed E-state index contributed by atoms with van der Waals surface area (Å²) in [4.78, 5) is 26.1. The minimum Gasteiger partial charge on any atom is -0.339 e. The number of amides is 2. The Hall–Kier alpha value is -1.55. The van der Waals surface area contributed by atoms with Crippen LogP contribution in [0.15, 0.2) is 18.2 Å². The molecule has 5 heteroatoms. The van der Waals surface area contributed by atoms with Crippen LogP contribution in [0.25, 0.3) is 0 Å². The van der Waals surface area contributed by atoms with Crippen LogP contribution >= 0.6 is 11.6 Å². The van der Waals surface area contributed by atoms with Gasteiger partial charge in [0.1, 0.15) is 0 Å². The molecule has 2 amide bonds. The topological polar surface area (TPSA) is 49.4 Å². The average Bonchev–Trinajstić information content (AvgIpc) is 2.85. The van der Waals surface area contributed by atoms with Crippen molar-refractivity contribution in [1.29, 1.82) is 0 Å². The van der Waals surface area contributed by atoms with Crippen molar-refractivity contribution in [1.82, 2.24) is 4.90 Å². The van der Waals surface area contributed by atoms with E-state index in [1.807, 2.05) is 26.8 Å². The molecule has 1 fully saturated rings. The molecule has 1 aromatic carbocycles. The molecule has 1 saturated heterocycles. The lowest BCUT2D eigenvalue weighted by Crippen LogP contribution is -2.35. The fourth-order valence-electron chi connectivity index (χ4n) is 2.53. The van der Waals surface area contributed by atoms with Gasteiger partial charge in [0, 0.05) is 29.7 Å². The Morgan fingerprint density at radius 3 is 2.90 bits per heavy atom. The minimum atomic E-state index is -0.287. The SMILES string of the molecule is CCC(C)N1CC(C(=O)Nc2cccc(Cl)c2C)CC1=O. The molecule has 0 aliphatic carbocycles. The Balaban J connectivity index is 2.05. The largest absolute Gasteiger partial charge is 0.339 e. The molecule has 1 aromatic rings. The van der Waals surface area contributed by atoms with E-state index < -0.39 is 0 Å². The van der Waals surface area contributed by atoms with Gasteiger partial charge in [0.15, 0.2) is 0 Å². The lowest BCUT2D eigenvalue weighted by molar-refractivity contribution is -0.129. The Morgan fingerprint density at radius 1 is 1.52 bits per heavy atom. The van der Waals surface area contributed by atoms with Crippen LogP contribution in [-0.4, -0.2) is 29.3 Å². The molecule has 0 spiro atoms. The molecule has 1 aliphatic heterocycles. The smallest absolute Gasteiger partial charge is 0.229 e. The number of anilines is 1. The molecule has 0 aromatic heterocycles. The molecule has 0 saturated carbocycles. The number of nitrogens with one attached hydrogen (secondary N) is 1. The lowest BCUT2D eigenvalue weighted by Gasteiger charge is -2.23. The number of carbonyl (C=O) groups excluding carboxylic acids is 2. The predicted octanol–water partition coefficient (Wildman–Crippen LogP) is 3.23. The van der Waals surface area contributed by atoms with Gasteiger partial charge >= 0.3 is 0 Å². The molecular weight excluding hydrogens is 288 g/mol. The summed E-state index contributed by atoms with van der Waals surface area (Å²) in [6.07, 6.45) is 1.18. The summed E-state index contributed by atoms with van der Waals surface area (Å²) in [5, 5.41) is 3.51. The highest BCUT2D eigenvalue weighted by atomic mass is 35.5. The first-order valence-electron chi connectivity index (χ1n) is 7.29. The number of hydrogen-bond acceptors (Lipinski definition) is 2. The molecule has 1 N–H and O–H groups in total. The van der Waals surface area contributed by atoms with Gasteiger partial charge in [-0.05, 0) is 38.0 Å². The first-order valence-corrected chi connectivity index (χ1v) is 7.67. The Morgan fingerprint density at radius 2 is 2.24 bits per heavy atom. The summed E-state index contributed by atoms with van der Waals surface area (Å²) in [7, 11) is 0. The predicted molar refractivity (Wildman–Crippen MR) is 84.4 cm³/mol. The third kappa shape index (κ3) is 3.38. The zero-order valence-corrected chi connectivity index (χ0v) is 13.4. The quantitative estimate of drug-likeness (QED) is 0.928. The number of hydrogen-bond donors (Lipinski definition) is 1. The van der Waals surface area contributed by atoms with E-state index in [2.05, 4.69) is 5.32 Å². The Labute approximate surface area is 130 Å². The van der Waals surface area contributed by atoms with Crippen LogP contribution in [0.2, 0.25) is 5.02 Å². The number of nitrogens with zero attached hydrogens (tertiary/aromatic N) is 1. The highest BCUT2D eigenvalue weighted by molar-refractivity contribution is 6.31. The number of likely N-dealkylation sites (tertiary alicyclic amines) is 1. The van der Waals surface area contributed by atoms with Crippen LogP contribution in [0.4, 0.5) is 5.69 Å². The molecule has 1 heterocycles. The first-order chi connectivity index (χ1) is 9.93. The van der Waals surface area contributed by atoms with E-state index in [0.29, 0.717) is 17.3 Å². The standard InChI is InChI=1S/C16H21ClN2O2/c1-4-10(2)19-9-12(8-15(19)20)16(21)18-14-7-5-6-13(17)11(14)3/h5-7,10,12H,4,8-9H2,1-3H3,(H,18,21). The van der Waals surface area contributed by atoms with Crippen molar-refractivity contribution >= 4 is 29.1 Å². The van der Waals surface area contributed by atoms with Gasteiger partial charge in [0.05, 0.1) is 5.92 Å². The second kappa shape index (κ2) is 6.48. The van der Waals surface area contributed by atoms with Gasteiger partial charge in [-0.15, -0.1) is 0 Å². The maximum absolute atomic E-state index is 12.3. The maximum atomic E-state index is 12.3. The lowest BCUT2D eigenvalue weighted by atomic mass is 10.1. The minimum absolute atomic E-state index is 0.0623. The van der Waals surface area contributed by atoms with E-state index in [1.165, 1.54) is 0 Å². The van der Waals surface area contributed by atoms with Crippen molar-refractivity contribution in [2.75, 3.05) is 11.9 Å². The van der Waals surface area contributed by atoms with E-state index in [9.17, 15) is 9.59 Å². The van der Waals surface area contributed by atoms with Crippen LogP contribution in [-0.2, 0) is 9.59 Å². The number of halogens is 1.